The zero-order valence-corrected chi connectivity index (χ0v) is 14.9. The molecule has 1 aliphatic rings. The molecule has 3 heterocycles. The molecule has 2 N–H and O–H groups in total. The highest BCUT2D eigenvalue weighted by Crippen LogP contribution is 2.18. The minimum atomic E-state index is -0.216. The van der Waals surface area contributed by atoms with Crippen molar-refractivity contribution in [3.8, 4) is 0 Å². The minimum absolute atomic E-state index is 0.146. The number of aromatic amines is 1. The van der Waals surface area contributed by atoms with Crippen LogP contribution in [0.4, 0.5) is 5.95 Å². The Kier molecular flexibility index (Phi) is 4.89. The van der Waals surface area contributed by atoms with Gasteiger partial charge in [-0.1, -0.05) is 12.8 Å². The molecule has 132 valence electrons. The maximum atomic E-state index is 12.3. The fraction of sp³-hybridized carbons (Fsp3) is 0.706. The van der Waals surface area contributed by atoms with Crippen molar-refractivity contribution in [2.75, 3.05) is 31.5 Å². The Bertz CT molecular complexity index is 734. The third-order valence-corrected chi connectivity index (χ3v) is 4.49. The summed E-state index contributed by atoms with van der Waals surface area (Å²) in [6.45, 7) is 10.2. The Morgan fingerprint density at radius 1 is 1.21 bits per heavy atom. The van der Waals surface area contributed by atoms with Crippen molar-refractivity contribution in [3.63, 3.8) is 0 Å². The van der Waals surface area contributed by atoms with E-state index in [0.29, 0.717) is 17.0 Å². The molecule has 7 heteroatoms. The van der Waals surface area contributed by atoms with Gasteiger partial charge in [-0.3, -0.25) is 9.78 Å². The average molecular weight is 332 g/mol. The number of H-pyrrole nitrogens is 1. The molecular formula is C17H28N6O. The molecule has 3 rings (SSSR count). The van der Waals surface area contributed by atoms with E-state index in [1.807, 2.05) is 0 Å². The molecule has 1 fully saturated rings. The smallest absolute Gasteiger partial charge is 0.263 e. The highest BCUT2D eigenvalue weighted by Gasteiger charge is 2.19. The predicted octanol–water partition coefficient (Wildman–Crippen LogP) is 2.16. The molecular weight excluding hydrogens is 304 g/mol. The third-order valence-electron chi connectivity index (χ3n) is 4.49. The lowest BCUT2D eigenvalue weighted by atomic mass is 10.1. The first-order valence-corrected chi connectivity index (χ1v) is 8.90. The van der Waals surface area contributed by atoms with Gasteiger partial charge in [0.05, 0.1) is 11.7 Å². The summed E-state index contributed by atoms with van der Waals surface area (Å²) >= 11 is 0. The largest absolute Gasteiger partial charge is 0.354 e. The van der Waals surface area contributed by atoms with Gasteiger partial charge in [0.2, 0.25) is 5.95 Å². The van der Waals surface area contributed by atoms with E-state index in [1.165, 1.54) is 38.8 Å². The number of hydrogen-bond donors (Lipinski definition) is 2. The minimum Gasteiger partial charge on any atom is -0.354 e. The third kappa shape index (κ3) is 3.77. The van der Waals surface area contributed by atoms with E-state index < -0.39 is 0 Å². The molecule has 0 saturated carbocycles. The summed E-state index contributed by atoms with van der Waals surface area (Å²) in [5, 5.41) is 8.13. The fourth-order valence-corrected chi connectivity index (χ4v) is 3.19. The van der Waals surface area contributed by atoms with Gasteiger partial charge in [-0.25, -0.2) is 4.68 Å². The van der Waals surface area contributed by atoms with Gasteiger partial charge in [0.15, 0.2) is 5.65 Å². The molecule has 0 unspecified atom stereocenters. The van der Waals surface area contributed by atoms with Crippen molar-refractivity contribution in [3.05, 3.63) is 16.6 Å². The number of fused-ring (bicyclic) bond motifs is 1. The van der Waals surface area contributed by atoms with Crippen LogP contribution in [0.15, 0.2) is 11.0 Å². The van der Waals surface area contributed by atoms with Crippen molar-refractivity contribution in [2.45, 2.75) is 52.0 Å². The Balaban J connectivity index is 1.71. The van der Waals surface area contributed by atoms with Crippen molar-refractivity contribution < 1.29 is 0 Å². The van der Waals surface area contributed by atoms with E-state index in [4.69, 9.17) is 0 Å². The summed E-state index contributed by atoms with van der Waals surface area (Å²) in [5.41, 5.74) is 0.266. The van der Waals surface area contributed by atoms with Gasteiger partial charge in [0.25, 0.3) is 5.56 Å². The maximum absolute atomic E-state index is 12.3. The van der Waals surface area contributed by atoms with E-state index in [0.717, 1.165) is 13.1 Å². The van der Waals surface area contributed by atoms with Crippen LogP contribution >= 0.6 is 0 Å². The van der Waals surface area contributed by atoms with Gasteiger partial charge >= 0.3 is 0 Å². The molecule has 0 amide bonds. The molecule has 2 aromatic heterocycles. The maximum Gasteiger partial charge on any atom is 0.263 e. The van der Waals surface area contributed by atoms with E-state index in [-0.39, 0.29) is 11.1 Å². The van der Waals surface area contributed by atoms with Gasteiger partial charge in [-0.15, -0.1) is 0 Å². The summed E-state index contributed by atoms with van der Waals surface area (Å²) in [6, 6.07) is 0. The van der Waals surface area contributed by atoms with Gasteiger partial charge in [-0.2, -0.15) is 10.1 Å². The quantitative estimate of drug-likeness (QED) is 0.897. The van der Waals surface area contributed by atoms with Gasteiger partial charge < -0.3 is 10.2 Å². The first-order chi connectivity index (χ1) is 11.4. The molecule has 1 aliphatic heterocycles. The topological polar surface area (TPSA) is 78.8 Å². The normalized spacial score (nSPS) is 17.1. The van der Waals surface area contributed by atoms with Crippen LogP contribution in [0.3, 0.4) is 0 Å². The number of aromatic nitrogens is 4. The molecule has 0 aromatic carbocycles. The summed E-state index contributed by atoms with van der Waals surface area (Å²) in [6.07, 6.45) is 6.84. The van der Waals surface area contributed by atoms with Crippen molar-refractivity contribution >= 4 is 17.0 Å². The highest BCUT2D eigenvalue weighted by atomic mass is 16.1. The molecule has 0 aliphatic carbocycles. The van der Waals surface area contributed by atoms with Crippen molar-refractivity contribution in [1.29, 1.82) is 0 Å². The number of likely N-dealkylation sites (tertiary alicyclic amines) is 1. The average Bonchev–Trinajstić information content (AvgIpc) is 2.78. The standard InChI is InChI=1S/C17H28N6O/c1-17(2,3)23-14-13(12-19-23)15(24)21-16(20-14)18-8-11-22-9-6-4-5-7-10-22/h12H,4-11H2,1-3H3,(H2,18,20,21,24). The highest BCUT2D eigenvalue weighted by molar-refractivity contribution is 5.74. The Morgan fingerprint density at radius 3 is 2.58 bits per heavy atom. The number of rotatable bonds is 4. The second-order valence-electron chi connectivity index (χ2n) is 7.56. The van der Waals surface area contributed by atoms with Crippen molar-refractivity contribution in [1.82, 2.24) is 24.6 Å². The second kappa shape index (κ2) is 6.93. The molecule has 0 spiro atoms. The van der Waals surface area contributed by atoms with Gasteiger partial charge in [-0.05, 0) is 46.7 Å². The molecule has 2 aromatic rings. The number of anilines is 1. The lowest BCUT2D eigenvalue weighted by Crippen LogP contribution is -2.30. The number of hydrogen-bond acceptors (Lipinski definition) is 5. The van der Waals surface area contributed by atoms with E-state index in [9.17, 15) is 4.79 Å². The fourth-order valence-electron chi connectivity index (χ4n) is 3.19. The molecule has 0 radical (unpaired) electrons. The first-order valence-electron chi connectivity index (χ1n) is 8.90. The SMILES string of the molecule is CC(C)(C)n1ncc2c(=O)[nH]c(NCCN3CCCCCC3)nc21. The van der Waals surface area contributed by atoms with Gasteiger partial charge in [0.1, 0.15) is 5.39 Å². The van der Waals surface area contributed by atoms with Crippen LogP contribution < -0.4 is 10.9 Å². The molecule has 24 heavy (non-hydrogen) atoms. The zero-order chi connectivity index (χ0) is 17.2. The Hall–Kier alpha value is -1.89. The second-order valence-corrected chi connectivity index (χ2v) is 7.56. The Morgan fingerprint density at radius 2 is 1.92 bits per heavy atom. The summed E-state index contributed by atoms with van der Waals surface area (Å²) in [5.74, 6) is 0.522. The number of nitrogens with one attached hydrogen (secondary N) is 2. The van der Waals surface area contributed by atoms with Gasteiger partial charge in [0, 0.05) is 13.1 Å². The van der Waals surface area contributed by atoms with Crippen LogP contribution in [0.5, 0.6) is 0 Å². The van der Waals surface area contributed by atoms with Crippen LogP contribution in [0.25, 0.3) is 11.0 Å². The molecule has 0 atom stereocenters. The summed E-state index contributed by atoms with van der Waals surface area (Å²) < 4.78 is 1.80. The van der Waals surface area contributed by atoms with Crippen LogP contribution in [-0.4, -0.2) is 50.8 Å². The van der Waals surface area contributed by atoms with Crippen LogP contribution in [0.1, 0.15) is 46.5 Å². The lowest BCUT2D eigenvalue weighted by molar-refractivity contribution is 0.296. The monoisotopic (exact) mass is 332 g/mol. The zero-order valence-electron chi connectivity index (χ0n) is 14.9. The van der Waals surface area contributed by atoms with Crippen LogP contribution in [0.2, 0.25) is 0 Å². The summed E-state index contributed by atoms with van der Waals surface area (Å²) in [4.78, 5) is 22.1. The first kappa shape index (κ1) is 17.0. The molecule has 7 nitrogen and oxygen atoms in total. The Labute approximate surface area is 142 Å². The van der Waals surface area contributed by atoms with E-state index >= 15 is 0 Å². The van der Waals surface area contributed by atoms with E-state index in [2.05, 4.69) is 46.1 Å². The van der Waals surface area contributed by atoms with Crippen LogP contribution in [0, 0.1) is 0 Å². The van der Waals surface area contributed by atoms with Crippen LogP contribution in [-0.2, 0) is 5.54 Å². The van der Waals surface area contributed by atoms with E-state index in [1.54, 1.807) is 10.9 Å². The molecule has 1 saturated heterocycles. The lowest BCUT2D eigenvalue weighted by Gasteiger charge is -2.20. The predicted molar refractivity (Wildman–Crippen MR) is 96.5 cm³/mol. The van der Waals surface area contributed by atoms with Crippen molar-refractivity contribution in [2.24, 2.45) is 0 Å². The summed E-state index contributed by atoms with van der Waals surface area (Å²) in [7, 11) is 0. The number of nitrogens with zero attached hydrogens (tertiary/aromatic N) is 4. The molecule has 0 bridgehead atoms.